The highest BCUT2D eigenvalue weighted by Gasteiger charge is 2.15. The Morgan fingerprint density at radius 3 is 2.86 bits per heavy atom. The smallest absolute Gasteiger partial charge is 0.271 e. The van der Waals surface area contributed by atoms with Crippen molar-refractivity contribution in [2.45, 2.75) is 19.5 Å². The first-order valence-electron chi connectivity index (χ1n) is 6.49. The zero-order chi connectivity index (χ0) is 15.4. The number of nitrogens with one attached hydrogen (secondary N) is 1. The van der Waals surface area contributed by atoms with Crippen molar-refractivity contribution in [2.75, 3.05) is 6.54 Å². The van der Waals surface area contributed by atoms with Gasteiger partial charge in [-0.3, -0.25) is 4.79 Å². The second-order valence-corrected chi connectivity index (χ2v) is 4.65. The van der Waals surface area contributed by atoms with Crippen LogP contribution in [0.3, 0.4) is 0 Å². The van der Waals surface area contributed by atoms with E-state index in [1.807, 2.05) is 0 Å². The van der Waals surface area contributed by atoms with Crippen LogP contribution >= 0.6 is 0 Å². The summed E-state index contributed by atoms with van der Waals surface area (Å²) in [5.41, 5.74) is 6.14. The highest BCUT2D eigenvalue weighted by Crippen LogP contribution is 2.16. The Kier molecular flexibility index (Phi) is 4.64. The fourth-order valence-electron chi connectivity index (χ4n) is 1.88. The topological polar surface area (TPSA) is 72.9 Å². The van der Waals surface area contributed by atoms with E-state index in [2.05, 4.69) is 10.3 Å². The van der Waals surface area contributed by atoms with Gasteiger partial charge < -0.3 is 15.6 Å². The molecule has 3 N–H and O–H groups in total. The van der Waals surface area contributed by atoms with Crippen molar-refractivity contribution in [3.8, 4) is 0 Å². The molecule has 1 aromatic carbocycles. The number of amides is 1. The molecule has 1 atom stereocenters. The number of carbonyl (C=O) groups excluding carboxylic acids is 1. The number of halogens is 2. The summed E-state index contributed by atoms with van der Waals surface area (Å²) in [6, 6.07) is 3.06. The first-order valence-corrected chi connectivity index (χ1v) is 6.49. The van der Waals surface area contributed by atoms with Crippen molar-refractivity contribution in [2.24, 2.45) is 5.73 Å². The molecule has 1 aromatic heterocycles. The second-order valence-electron chi connectivity index (χ2n) is 4.65. The van der Waals surface area contributed by atoms with Crippen molar-refractivity contribution >= 4 is 5.91 Å². The molecule has 2 aromatic rings. The first-order chi connectivity index (χ1) is 10.0. The van der Waals surface area contributed by atoms with Crippen LogP contribution in [0.4, 0.5) is 8.78 Å². The van der Waals surface area contributed by atoms with Crippen molar-refractivity contribution in [1.29, 1.82) is 0 Å². The molecule has 0 spiro atoms. The summed E-state index contributed by atoms with van der Waals surface area (Å²) in [5, 5.41) is 2.68. The van der Waals surface area contributed by atoms with Gasteiger partial charge in [-0.25, -0.2) is 13.8 Å². The van der Waals surface area contributed by atoms with Crippen LogP contribution in [-0.2, 0) is 6.54 Å². The number of nitrogens with two attached hydrogens (primary N) is 1. The van der Waals surface area contributed by atoms with E-state index < -0.39 is 17.7 Å². The number of aromatic nitrogens is 2. The highest BCUT2D eigenvalue weighted by molar-refractivity contribution is 5.92. The third kappa shape index (κ3) is 3.63. The molecule has 0 radical (unpaired) electrons. The number of nitrogens with zero attached hydrogens (tertiary/aromatic N) is 2. The van der Waals surface area contributed by atoms with Crippen LogP contribution in [-0.4, -0.2) is 22.0 Å². The summed E-state index contributed by atoms with van der Waals surface area (Å²) in [6.45, 7) is 2.70. The zero-order valence-electron chi connectivity index (χ0n) is 11.5. The number of hydrogen-bond donors (Lipinski definition) is 2. The summed E-state index contributed by atoms with van der Waals surface area (Å²) in [5.74, 6) is -2.25. The van der Waals surface area contributed by atoms with E-state index >= 15 is 0 Å². The van der Waals surface area contributed by atoms with E-state index in [1.54, 1.807) is 17.7 Å². The van der Waals surface area contributed by atoms with Gasteiger partial charge in [0.1, 0.15) is 5.69 Å². The minimum Gasteiger partial charge on any atom is -0.344 e. The Balaban J connectivity index is 2.05. The second kappa shape index (κ2) is 6.45. The Labute approximate surface area is 120 Å². The number of imidazole rings is 1. The van der Waals surface area contributed by atoms with Gasteiger partial charge in [-0.05, 0) is 24.6 Å². The Hall–Kier alpha value is -2.28. The van der Waals surface area contributed by atoms with Crippen LogP contribution in [0.2, 0.25) is 0 Å². The van der Waals surface area contributed by atoms with Crippen molar-refractivity contribution in [1.82, 2.24) is 14.9 Å². The van der Waals surface area contributed by atoms with Crippen LogP contribution in [0.15, 0.2) is 30.7 Å². The van der Waals surface area contributed by atoms with Gasteiger partial charge in [0.15, 0.2) is 11.6 Å². The number of carbonyl (C=O) groups is 1. The summed E-state index contributed by atoms with van der Waals surface area (Å²) >= 11 is 0. The first kappa shape index (κ1) is 15.1. The fraction of sp³-hybridized carbons (Fsp3) is 0.286. The molecule has 7 heteroatoms. The molecular formula is C14H16F2N4O. The van der Waals surface area contributed by atoms with Gasteiger partial charge in [0, 0.05) is 19.3 Å². The minimum absolute atomic E-state index is 0.248. The van der Waals surface area contributed by atoms with Crippen LogP contribution in [0, 0.1) is 11.6 Å². The monoisotopic (exact) mass is 294 g/mol. The molecule has 21 heavy (non-hydrogen) atoms. The maximum absolute atomic E-state index is 13.2. The van der Waals surface area contributed by atoms with Gasteiger partial charge in [0.25, 0.3) is 5.91 Å². The van der Waals surface area contributed by atoms with Crippen molar-refractivity contribution < 1.29 is 13.6 Å². The molecule has 0 aliphatic rings. The lowest BCUT2D eigenvalue weighted by atomic mass is 10.1. The molecule has 0 saturated carbocycles. The van der Waals surface area contributed by atoms with E-state index in [9.17, 15) is 13.6 Å². The molecular weight excluding hydrogens is 278 g/mol. The number of benzene rings is 1. The fourth-order valence-corrected chi connectivity index (χ4v) is 1.88. The molecule has 0 aliphatic carbocycles. The van der Waals surface area contributed by atoms with E-state index in [0.29, 0.717) is 18.7 Å². The van der Waals surface area contributed by atoms with Gasteiger partial charge >= 0.3 is 0 Å². The lowest BCUT2D eigenvalue weighted by molar-refractivity contribution is 0.0935. The van der Waals surface area contributed by atoms with E-state index in [-0.39, 0.29) is 11.6 Å². The predicted molar refractivity (Wildman–Crippen MR) is 73.5 cm³/mol. The number of hydrogen-bond acceptors (Lipinski definition) is 3. The molecule has 0 bridgehead atoms. The number of rotatable bonds is 5. The molecule has 1 unspecified atom stereocenters. The van der Waals surface area contributed by atoms with Gasteiger partial charge in [-0.2, -0.15) is 0 Å². The molecule has 5 nitrogen and oxygen atoms in total. The third-order valence-corrected chi connectivity index (χ3v) is 3.04. The lowest BCUT2D eigenvalue weighted by Gasteiger charge is -2.13. The van der Waals surface area contributed by atoms with Gasteiger partial charge in [-0.15, -0.1) is 0 Å². The third-order valence-electron chi connectivity index (χ3n) is 3.04. The van der Waals surface area contributed by atoms with Gasteiger partial charge in [-0.1, -0.05) is 6.07 Å². The van der Waals surface area contributed by atoms with E-state index in [1.165, 1.54) is 12.4 Å². The maximum Gasteiger partial charge on any atom is 0.271 e. The maximum atomic E-state index is 13.2. The Morgan fingerprint density at radius 1 is 1.43 bits per heavy atom. The molecule has 0 aliphatic heterocycles. The average Bonchev–Trinajstić information content (AvgIpc) is 2.91. The standard InChI is InChI=1S/C14H16F2N4O/c1-9(10-2-3-11(15)12(16)6-10)19-14(21)13-7-20(5-4-17)8-18-13/h2-3,6-9H,4-5,17H2,1H3,(H,19,21). The van der Waals surface area contributed by atoms with Crippen LogP contribution < -0.4 is 11.1 Å². The molecule has 1 amide bonds. The summed E-state index contributed by atoms with van der Waals surface area (Å²) in [7, 11) is 0. The molecule has 2 rings (SSSR count). The molecule has 112 valence electrons. The molecule has 1 heterocycles. The van der Waals surface area contributed by atoms with Gasteiger partial charge in [0.2, 0.25) is 0 Å². The Morgan fingerprint density at radius 2 is 2.19 bits per heavy atom. The predicted octanol–water partition coefficient (Wildman–Crippen LogP) is 1.61. The van der Waals surface area contributed by atoms with E-state index in [4.69, 9.17) is 5.73 Å². The van der Waals surface area contributed by atoms with Crippen molar-refractivity contribution in [3.05, 3.63) is 53.6 Å². The zero-order valence-corrected chi connectivity index (χ0v) is 11.5. The normalized spacial score (nSPS) is 12.2. The van der Waals surface area contributed by atoms with Crippen LogP contribution in [0.25, 0.3) is 0 Å². The lowest BCUT2D eigenvalue weighted by Crippen LogP contribution is -2.27. The van der Waals surface area contributed by atoms with Crippen molar-refractivity contribution in [3.63, 3.8) is 0 Å². The van der Waals surface area contributed by atoms with Crippen LogP contribution in [0.5, 0.6) is 0 Å². The Bertz CT molecular complexity index is 642. The van der Waals surface area contributed by atoms with Crippen LogP contribution in [0.1, 0.15) is 29.0 Å². The van der Waals surface area contributed by atoms with E-state index in [0.717, 1.165) is 12.1 Å². The van der Waals surface area contributed by atoms with Gasteiger partial charge in [0.05, 0.1) is 12.4 Å². The summed E-state index contributed by atoms with van der Waals surface area (Å²) in [6.07, 6.45) is 3.10. The largest absolute Gasteiger partial charge is 0.344 e. The summed E-state index contributed by atoms with van der Waals surface area (Å²) in [4.78, 5) is 16.0. The summed E-state index contributed by atoms with van der Waals surface area (Å²) < 4.78 is 27.8. The average molecular weight is 294 g/mol. The quantitative estimate of drug-likeness (QED) is 0.880. The molecule has 0 saturated heterocycles. The molecule has 0 fully saturated rings. The SMILES string of the molecule is CC(NC(=O)c1cn(CCN)cn1)c1ccc(F)c(F)c1. The highest BCUT2D eigenvalue weighted by atomic mass is 19.2. The minimum atomic E-state index is -0.944.